The van der Waals surface area contributed by atoms with Crippen LogP contribution in [-0.4, -0.2) is 29.6 Å². The molecule has 2 aliphatic carbocycles. The van der Waals surface area contributed by atoms with Crippen LogP contribution >= 0.6 is 0 Å². The van der Waals surface area contributed by atoms with Gasteiger partial charge in [0.2, 0.25) is 0 Å². The molecule has 1 aliphatic heterocycles. The summed E-state index contributed by atoms with van der Waals surface area (Å²) >= 11 is 0. The second-order valence-electron chi connectivity index (χ2n) is 7.87. The maximum atomic E-state index is 3.91. The predicted octanol–water partition coefficient (Wildman–Crippen LogP) is 3.35. The molecule has 0 aromatic heterocycles. The van der Waals surface area contributed by atoms with Crippen LogP contribution in [0.1, 0.15) is 43.7 Å². The van der Waals surface area contributed by atoms with E-state index in [1.54, 1.807) is 0 Å². The molecule has 1 saturated heterocycles. The Bertz CT molecular complexity index is 501. The summed E-state index contributed by atoms with van der Waals surface area (Å²) in [5, 5.41) is 3.91. The number of hydrogen-bond acceptors (Lipinski definition) is 2. The summed E-state index contributed by atoms with van der Waals surface area (Å²) < 4.78 is 0. The van der Waals surface area contributed by atoms with Gasteiger partial charge in [0, 0.05) is 31.2 Å². The van der Waals surface area contributed by atoms with E-state index in [-0.39, 0.29) is 0 Å². The van der Waals surface area contributed by atoms with E-state index in [4.69, 9.17) is 0 Å². The molecule has 2 heteroatoms. The van der Waals surface area contributed by atoms with Gasteiger partial charge in [-0.2, -0.15) is 0 Å². The van der Waals surface area contributed by atoms with Crippen molar-refractivity contribution in [2.75, 3.05) is 13.1 Å². The molecule has 3 aliphatic rings. The largest absolute Gasteiger partial charge is 0.308 e. The summed E-state index contributed by atoms with van der Waals surface area (Å²) in [5.41, 5.74) is 3.20. The number of nitrogens with one attached hydrogen (secondary N) is 1. The predicted molar refractivity (Wildman–Crippen MR) is 87.2 cm³/mol. The molecule has 2 atom stereocenters. The second kappa shape index (κ2) is 5.10. The van der Waals surface area contributed by atoms with Gasteiger partial charge in [0.05, 0.1) is 0 Å². The highest BCUT2D eigenvalue weighted by atomic mass is 15.3. The van der Waals surface area contributed by atoms with E-state index < -0.39 is 0 Å². The van der Waals surface area contributed by atoms with E-state index in [1.165, 1.54) is 49.9 Å². The van der Waals surface area contributed by atoms with Gasteiger partial charge >= 0.3 is 0 Å². The van der Waals surface area contributed by atoms with Crippen LogP contribution in [0.2, 0.25) is 0 Å². The minimum Gasteiger partial charge on any atom is -0.308 e. The quantitative estimate of drug-likeness (QED) is 0.912. The molecule has 2 unspecified atom stereocenters. The number of benzene rings is 1. The van der Waals surface area contributed by atoms with Crippen LogP contribution in [0.4, 0.5) is 0 Å². The van der Waals surface area contributed by atoms with E-state index in [2.05, 4.69) is 48.3 Å². The van der Waals surface area contributed by atoms with Crippen molar-refractivity contribution in [3.8, 4) is 0 Å². The van der Waals surface area contributed by atoms with Crippen molar-refractivity contribution < 1.29 is 0 Å². The molecule has 2 nitrogen and oxygen atoms in total. The molecule has 0 amide bonds. The minimum atomic E-state index is 0.357. The van der Waals surface area contributed by atoms with Crippen molar-refractivity contribution in [2.45, 2.75) is 57.7 Å². The number of aryl methyl sites for hydroxylation is 1. The fraction of sp³-hybridized carbons (Fsp3) is 0.684. The number of hydrogen-bond donors (Lipinski definition) is 1. The Morgan fingerprint density at radius 2 is 1.86 bits per heavy atom. The zero-order chi connectivity index (χ0) is 14.4. The van der Waals surface area contributed by atoms with E-state index in [0.29, 0.717) is 5.54 Å². The van der Waals surface area contributed by atoms with E-state index in [1.807, 2.05) is 0 Å². The molecule has 4 rings (SSSR count). The average Bonchev–Trinajstić information content (AvgIpc) is 3.34. The Kier molecular flexibility index (Phi) is 3.35. The third-order valence-electron chi connectivity index (χ3n) is 5.87. The van der Waals surface area contributed by atoms with Gasteiger partial charge < -0.3 is 5.32 Å². The highest BCUT2D eigenvalue weighted by Crippen LogP contribution is 2.44. The first-order valence-corrected chi connectivity index (χ1v) is 8.69. The van der Waals surface area contributed by atoms with E-state index in [0.717, 1.165) is 24.4 Å². The normalized spacial score (nSPS) is 34.1. The van der Waals surface area contributed by atoms with Gasteiger partial charge in [0.15, 0.2) is 0 Å². The van der Waals surface area contributed by atoms with Crippen LogP contribution in [0.15, 0.2) is 24.3 Å². The summed E-state index contributed by atoms with van der Waals surface area (Å²) in [6, 6.07) is 9.90. The van der Waals surface area contributed by atoms with Crippen molar-refractivity contribution in [1.29, 1.82) is 0 Å². The molecule has 2 saturated carbocycles. The Morgan fingerprint density at radius 1 is 1.14 bits per heavy atom. The monoisotopic (exact) mass is 284 g/mol. The number of piperazine rings is 1. The highest BCUT2D eigenvalue weighted by Gasteiger charge is 2.48. The molecule has 1 heterocycles. The lowest BCUT2D eigenvalue weighted by Gasteiger charge is -2.47. The van der Waals surface area contributed by atoms with Gasteiger partial charge in [-0.15, -0.1) is 0 Å². The van der Waals surface area contributed by atoms with Crippen LogP contribution in [-0.2, 0) is 6.54 Å². The molecule has 114 valence electrons. The highest BCUT2D eigenvalue weighted by molar-refractivity contribution is 5.22. The third kappa shape index (κ3) is 2.89. The van der Waals surface area contributed by atoms with Crippen molar-refractivity contribution in [1.82, 2.24) is 10.2 Å². The van der Waals surface area contributed by atoms with Gasteiger partial charge in [-0.3, -0.25) is 4.90 Å². The first-order valence-electron chi connectivity index (χ1n) is 8.69. The van der Waals surface area contributed by atoms with Crippen molar-refractivity contribution >= 4 is 0 Å². The van der Waals surface area contributed by atoms with Crippen molar-refractivity contribution in [2.24, 2.45) is 11.8 Å². The molecule has 1 N–H and O–H groups in total. The lowest BCUT2D eigenvalue weighted by molar-refractivity contribution is 0.0578. The second-order valence-corrected chi connectivity index (χ2v) is 7.87. The third-order valence-corrected chi connectivity index (χ3v) is 5.87. The van der Waals surface area contributed by atoms with Crippen molar-refractivity contribution in [3.05, 3.63) is 35.4 Å². The van der Waals surface area contributed by atoms with Gasteiger partial charge in [-0.1, -0.05) is 29.8 Å². The van der Waals surface area contributed by atoms with Crippen LogP contribution in [0.5, 0.6) is 0 Å². The zero-order valence-corrected chi connectivity index (χ0v) is 13.4. The standard InChI is InChI=1S/C19H28N2/c1-14-3-5-15(6-4-14)12-21-13-19(2,17-9-10-17)20-11-18(21)16-7-8-16/h3-6,16-18,20H,7-13H2,1-2H3. The smallest absolute Gasteiger partial charge is 0.0309 e. The Labute approximate surface area is 128 Å². The molecule has 3 fully saturated rings. The molecule has 0 radical (unpaired) electrons. The van der Waals surface area contributed by atoms with Crippen molar-refractivity contribution in [3.63, 3.8) is 0 Å². The fourth-order valence-electron chi connectivity index (χ4n) is 4.10. The van der Waals surface area contributed by atoms with E-state index >= 15 is 0 Å². The Hall–Kier alpha value is -0.860. The zero-order valence-electron chi connectivity index (χ0n) is 13.4. The molecule has 1 aromatic carbocycles. The van der Waals surface area contributed by atoms with Gasteiger partial charge in [-0.25, -0.2) is 0 Å². The Morgan fingerprint density at radius 3 is 2.48 bits per heavy atom. The molecule has 0 spiro atoms. The first kappa shape index (κ1) is 13.8. The lowest BCUT2D eigenvalue weighted by Crippen LogP contribution is -2.64. The molecular formula is C19H28N2. The SMILES string of the molecule is Cc1ccc(CN2CC(C)(C3CC3)NCC2C2CC2)cc1. The summed E-state index contributed by atoms with van der Waals surface area (Å²) in [4.78, 5) is 2.79. The lowest BCUT2D eigenvalue weighted by atomic mass is 9.89. The maximum absolute atomic E-state index is 3.91. The van der Waals surface area contributed by atoms with Crippen LogP contribution < -0.4 is 5.32 Å². The molecule has 21 heavy (non-hydrogen) atoms. The fourth-order valence-corrected chi connectivity index (χ4v) is 4.10. The molecular weight excluding hydrogens is 256 g/mol. The van der Waals surface area contributed by atoms with Gasteiger partial charge in [0.25, 0.3) is 0 Å². The Balaban J connectivity index is 1.51. The van der Waals surface area contributed by atoms with E-state index in [9.17, 15) is 0 Å². The molecule has 1 aromatic rings. The van der Waals surface area contributed by atoms with Gasteiger partial charge in [-0.05, 0) is 56.9 Å². The minimum absolute atomic E-state index is 0.357. The molecule has 0 bridgehead atoms. The maximum Gasteiger partial charge on any atom is 0.0309 e. The topological polar surface area (TPSA) is 15.3 Å². The van der Waals surface area contributed by atoms with Crippen LogP contribution in [0.25, 0.3) is 0 Å². The first-order chi connectivity index (χ1) is 10.1. The average molecular weight is 284 g/mol. The summed E-state index contributed by atoms with van der Waals surface area (Å²) in [6.07, 6.45) is 5.74. The van der Waals surface area contributed by atoms with Crippen LogP contribution in [0.3, 0.4) is 0 Å². The number of nitrogens with zero attached hydrogens (tertiary/aromatic N) is 1. The van der Waals surface area contributed by atoms with Crippen LogP contribution in [0, 0.1) is 18.8 Å². The van der Waals surface area contributed by atoms with Gasteiger partial charge in [0.1, 0.15) is 0 Å². The summed E-state index contributed by atoms with van der Waals surface area (Å²) in [7, 11) is 0. The summed E-state index contributed by atoms with van der Waals surface area (Å²) in [5.74, 6) is 1.87. The summed E-state index contributed by atoms with van der Waals surface area (Å²) in [6.45, 7) is 8.18. The number of rotatable bonds is 4.